The zero-order valence-electron chi connectivity index (χ0n) is 12.1. The average Bonchev–Trinajstić information content (AvgIpc) is 2.91. The van der Waals surface area contributed by atoms with Gasteiger partial charge in [0, 0.05) is 12.4 Å². The molecule has 7 nitrogen and oxygen atoms in total. The second kappa shape index (κ2) is 5.63. The van der Waals surface area contributed by atoms with Gasteiger partial charge in [-0.1, -0.05) is 29.3 Å². The fourth-order valence-electron chi connectivity index (χ4n) is 1.90. The molecule has 0 saturated carbocycles. The highest BCUT2D eigenvalue weighted by Crippen LogP contribution is 2.34. The Bertz CT molecular complexity index is 1020. The van der Waals surface area contributed by atoms with E-state index in [1.165, 1.54) is 4.52 Å². The van der Waals surface area contributed by atoms with Crippen molar-refractivity contribution in [2.24, 2.45) is 0 Å². The van der Waals surface area contributed by atoms with E-state index in [2.05, 4.69) is 19.8 Å². The maximum absolute atomic E-state index is 12.5. The number of rotatable bonds is 3. The molecule has 2 heterocycles. The Hall–Kier alpha value is -1.90. The summed E-state index contributed by atoms with van der Waals surface area (Å²) in [6, 6.07) is 3.25. The van der Waals surface area contributed by atoms with Gasteiger partial charge in [-0.05, 0) is 31.0 Å². The van der Waals surface area contributed by atoms with Crippen molar-refractivity contribution in [3.8, 4) is 0 Å². The summed E-state index contributed by atoms with van der Waals surface area (Å²) in [5.74, 6) is 0.178. The van der Waals surface area contributed by atoms with Gasteiger partial charge in [0.15, 0.2) is 0 Å². The first-order valence-corrected chi connectivity index (χ1v) is 8.68. The SMILES string of the molecule is Cc1cnc2nc(S(=O)(=O)Nc3c(Cl)ccc(C)c3Cl)nn2c1. The zero-order valence-corrected chi connectivity index (χ0v) is 14.4. The third kappa shape index (κ3) is 2.97. The molecule has 0 saturated heterocycles. The third-order valence-electron chi connectivity index (χ3n) is 3.06. The number of anilines is 1. The molecule has 0 amide bonds. The predicted molar refractivity (Wildman–Crippen MR) is 87.5 cm³/mol. The minimum absolute atomic E-state index is 0.0938. The molecule has 0 aliphatic heterocycles. The van der Waals surface area contributed by atoms with E-state index in [4.69, 9.17) is 23.2 Å². The highest BCUT2D eigenvalue weighted by atomic mass is 35.5. The third-order valence-corrected chi connectivity index (χ3v) is 4.99. The van der Waals surface area contributed by atoms with Crippen molar-refractivity contribution < 1.29 is 8.42 Å². The molecule has 2 aromatic heterocycles. The van der Waals surface area contributed by atoms with E-state index in [1.54, 1.807) is 31.5 Å². The minimum Gasteiger partial charge on any atom is -0.274 e. The van der Waals surface area contributed by atoms with Crippen LogP contribution in [0.3, 0.4) is 0 Å². The van der Waals surface area contributed by atoms with Gasteiger partial charge < -0.3 is 0 Å². The molecule has 0 bridgehead atoms. The van der Waals surface area contributed by atoms with Crippen LogP contribution in [0.5, 0.6) is 0 Å². The van der Waals surface area contributed by atoms with Crippen molar-refractivity contribution in [1.82, 2.24) is 19.6 Å². The molecule has 120 valence electrons. The van der Waals surface area contributed by atoms with E-state index in [1.807, 2.05) is 6.92 Å². The number of halogens is 2. The normalized spacial score (nSPS) is 11.8. The lowest BCUT2D eigenvalue weighted by Gasteiger charge is -2.10. The van der Waals surface area contributed by atoms with Gasteiger partial charge in [0.1, 0.15) is 0 Å². The topological polar surface area (TPSA) is 89.2 Å². The molecular weight excluding hydrogens is 361 g/mol. The van der Waals surface area contributed by atoms with Gasteiger partial charge in [-0.15, -0.1) is 5.10 Å². The summed E-state index contributed by atoms with van der Waals surface area (Å²) < 4.78 is 28.6. The molecule has 0 fully saturated rings. The van der Waals surface area contributed by atoms with E-state index >= 15 is 0 Å². The van der Waals surface area contributed by atoms with E-state index < -0.39 is 15.2 Å². The van der Waals surface area contributed by atoms with Gasteiger partial charge in [-0.2, -0.15) is 13.4 Å². The molecule has 0 aliphatic carbocycles. The Kier molecular flexibility index (Phi) is 3.91. The first kappa shape index (κ1) is 16.0. The minimum atomic E-state index is -4.05. The maximum atomic E-state index is 12.5. The van der Waals surface area contributed by atoms with Gasteiger partial charge >= 0.3 is 0 Å². The Morgan fingerprint density at radius 2 is 1.96 bits per heavy atom. The van der Waals surface area contributed by atoms with Gasteiger partial charge in [-0.3, -0.25) is 4.72 Å². The van der Waals surface area contributed by atoms with Crippen LogP contribution in [-0.4, -0.2) is 28.0 Å². The molecule has 0 atom stereocenters. The number of benzene rings is 1. The van der Waals surface area contributed by atoms with Crippen LogP contribution in [-0.2, 0) is 10.0 Å². The molecule has 0 unspecified atom stereocenters. The summed E-state index contributed by atoms with van der Waals surface area (Å²) >= 11 is 12.1. The molecule has 0 aliphatic rings. The molecule has 0 radical (unpaired) electrons. The molecule has 1 N–H and O–H groups in total. The summed E-state index contributed by atoms with van der Waals surface area (Å²) in [5.41, 5.74) is 1.61. The van der Waals surface area contributed by atoms with Crippen LogP contribution in [0.4, 0.5) is 5.69 Å². The Balaban J connectivity index is 2.06. The number of hydrogen-bond donors (Lipinski definition) is 1. The number of nitrogens with one attached hydrogen (secondary N) is 1. The summed E-state index contributed by atoms with van der Waals surface area (Å²) in [6.45, 7) is 3.55. The highest BCUT2D eigenvalue weighted by molar-refractivity contribution is 7.92. The number of nitrogens with zero attached hydrogens (tertiary/aromatic N) is 4. The van der Waals surface area contributed by atoms with E-state index in [0.717, 1.165) is 5.56 Å². The van der Waals surface area contributed by atoms with Crippen molar-refractivity contribution in [2.45, 2.75) is 19.0 Å². The molecule has 10 heteroatoms. The fourth-order valence-corrected chi connectivity index (χ4v) is 3.45. The van der Waals surface area contributed by atoms with Crippen molar-refractivity contribution in [3.63, 3.8) is 0 Å². The van der Waals surface area contributed by atoms with Crippen LogP contribution in [0.25, 0.3) is 5.78 Å². The number of aryl methyl sites for hydroxylation is 2. The summed E-state index contributed by atoms with van der Waals surface area (Å²) in [7, 11) is -4.05. The Morgan fingerprint density at radius 1 is 1.22 bits per heavy atom. The number of aromatic nitrogens is 4. The van der Waals surface area contributed by atoms with Crippen LogP contribution in [0, 0.1) is 13.8 Å². The lowest BCUT2D eigenvalue weighted by molar-refractivity contribution is 0.592. The van der Waals surface area contributed by atoms with E-state index in [-0.39, 0.29) is 21.5 Å². The van der Waals surface area contributed by atoms with Crippen LogP contribution < -0.4 is 4.72 Å². The van der Waals surface area contributed by atoms with Gasteiger partial charge in [0.2, 0.25) is 0 Å². The quantitative estimate of drug-likeness (QED) is 0.764. The van der Waals surface area contributed by atoms with Crippen molar-refractivity contribution >= 4 is 44.7 Å². The first-order valence-electron chi connectivity index (χ1n) is 6.44. The summed E-state index contributed by atoms with van der Waals surface area (Å²) in [5, 5.41) is 3.92. The van der Waals surface area contributed by atoms with Crippen LogP contribution in [0.15, 0.2) is 29.7 Å². The largest absolute Gasteiger partial charge is 0.299 e. The standard InChI is InChI=1S/C13H11Cl2N5O2S/c1-7-5-16-12-17-13(18-20(12)6-7)23(21,22)19-11-9(14)4-3-8(2)10(11)15/h3-6,19H,1-2H3. The van der Waals surface area contributed by atoms with Crippen molar-refractivity contribution in [2.75, 3.05) is 4.72 Å². The lowest BCUT2D eigenvalue weighted by atomic mass is 10.2. The highest BCUT2D eigenvalue weighted by Gasteiger charge is 2.23. The average molecular weight is 372 g/mol. The summed E-state index contributed by atoms with van der Waals surface area (Å²) in [6.07, 6.45) is 3.20. The molecule has 23 heavy (non-hydrogen) atoms. The molecular formula is C13H11Cl2N5O2S. The number of fused-ring (bicyclic) bond motifs is 1. The Morgan fingerprint density at radius 3 is 2.70 bits per heavy atom. The van der Waals surface area contributed by atoms with Crippen LogP contribution >= 0.6 is 23.2 Å². The second-order valence-corrected chi connectivity index (χ2v) is 7.29. The van der Waals surface area contributed by atoms with Crippen LogP contribution in [0.2, 0.25) is 10.0 Å². The van der Waals surface area contributed by atoms with Crippen molar-refractivity contribution in [3.05, 3.63) is 45.7 Å². The predicted octanol–water partition coefficient (Wildman–Crippen LogP) is 2.85. The van der Waals surface area contributed by atoms with Gasteiger partial charge in [0.25, 0.3) is 21.0 Å². The lowest BCUT2D eigenvalue weighted by Crippen LogP contribution is -2.15. The number of hydrogen-bond acceptors (Lipinski definition) is 5. The van der Waals surface area contributed by atoms with Gasteiger partial charge in [-0.25, -0.2) is 9.50 Å². The first-order chi connectivity index (χ1) is 10.8. The van der Waals surface area contributed by atoms with Gasteiger partial charge in [0.05, 0.1) is 15.7 Å². The summed E-state index contributed by atoms with van der Waals surface area (Å²) in [4.78, 5) is 7.92. The Labute approximate surface area is 142 Å². The second-order valence-electron chi connectivity index (χ2n) is 4.93. The maximum Gasteiger partial charge on any atom is 0.299 e. The number of sulfonamides is 1. The molecule has 3 aromatic rings. The van der Waals surface area contributed by atoms with E-state index in [0.29, 0.717) is 5.56 Å². The monoisotopic (exact) mass is 371 g/mol. The molecule has 0 spiro atoms. The molecule has 1 aromatic carbocycles. The molecule has 3 rings (SSSR count). The smallest absolute Gasteiger partial charge is 0.274 e. The van der Waals surface area contributed by atoms with Crippen LogP contribution in [0.1, 0.15) is 11.1 Å². The fraction of sp³-hybridized carbons (Fsp3) is 0.154. The van der Waals surface area contributed by atoms with Crippen molar-refractivity contribution in [1.29, 1.82) is 0 Å². The van der Waals surface area contributed by atoms with E-state index in [9.17, 15) is 8.42 Å². The zero-order chi connectivity index (χ0) is 16.8.